The van der Waals surface area contributed by atoms with Gasteiger partial charge in [0.2, 0.25) is 10.0 Å². The van der Waals surface area contributed by atoms with E-state index in [1.54, 1.807) is 6.92 Å². The maximum atomic E-state index is 12.7. The fraction of sp³-hybridized carbons (Fsp3) is 0.500. The molecule has 0 aliphatic carbocycles. The molecule has 0 spiro atoms. The van der Waals surface area contributed by atoms with Crippen LogP contribution in [-0.2, 0) is 14.8 Å². The fourth-order valence-electron chi connectivity index (χ4n) is 2.32. The second-order valence-electron chi connectivity index (χ2n) is 4.85. The predicted molar refractivity (Wildman–Crippen MR) is 79.6 cm³/mol. The Morgan fingerprint density at radius 3 is 2.86 bits per heavy atom. The van der Waals surface area contributed by atoms with E-state index in [9.17, 15) is 8.42 Å². The van der Waals surface area contributed by atoms with Gasteiger partial charge in [0.05, 0.1) is 22.8 Å². The zero-order valence-electron chi connectivity index (χ0n) is 11.8. The molecule has 0 aromatic heterocycles. The van der Waals surface area contributed by atoms with Crippen LogP contribution in [0.5, 0.6) is 0 Å². The molecule has 7 heteroatoms. The van der Waals surface area contributed by atoms with Crippen LogP contribution < -0.4 is 0 Å². The van der Waals surface area contributed by atoms with Crippen LogP contribution in [0.2, 0.25) is 5.02 Å². The third-order valence-electron chi connectivity index (χ3n) is 3.46. The maximum Gasteiger partial charge on any atom is 0.244 e. The summed E-state index contributed by atoms with van der Waals surface area (Å²) < 4.78 is 32.3. The van der Waals surface area contributed by atoms with Crippen LogP contribution in [0.1, 0.15) is 25.3 Å². The highest BCUT2D eigenvalue weighted by Gasteiger charge is 2.29. The lowest BCUT2D eigenvalue weighted by molar-refractivity contribution is 0.0947. The number of hydrogen-bond donors (Lipinski definition) is 0. The highest BCUT2D eigenvalue weighted by Crippen LogP contribution is 2.27. The summed E-state index contributed by atoms with van der Waals surface area (Å²) in [5.41, 5.74) is 0.270. The van der Waals surface area contributed by atoms with Crippen molar-refractivity contribution in [2.24, 2.45) is 0 Å². The molecule has 5 nitrogen and oxygen atoms in total. The van der Waals surface area contributed by atoms with E-state index in [1.807, 2.05) is 6.07 Å². The zero-order chi connectivity index (χ0) is 15.5. The molecule has 1 unspecified atom stereocenters. The Balaban J connectivity index is 2.32. The number of sulfonamides is 1. The van der Waals surface area contributed by atoms with Gasteiger partial charge in [-0.15, -0.1) is 0 Å². The molecule has 1 heterocycles. The number of ether oxygens (including phenoxy) is 1. The van der Waals surface area contributed by atoms with Gasteiger partial charge in [-0.05, 0) is 31.0 Å². The number of nitriles is 1. The van der Waals surface area contributed by atoms with Gasteiger partial charge in [-0.1, -0.05) is 18.5 Å². The summed E-state index contributed by atoms with van der Waals surface area (Å²) in [5, 5.41) is 9.05. The summed E-state index contributed by atoms with van der Waals surface area (Å²) in [6, 6.07) is 6.18. The number of benzene rings is 1. The van der Waals surface area contributed by atoms with Crippen molar-refractivity contribution in [1.29, 1.82) is 5.26 Å². The van der Waals surface area contributed by atoms with E-state index in [0.29, 0.717) is 19.7 Å². The highest BCUT2D eigenvalue weighted by molar-refractivity contribution is 7.89. The van der Waals surface area contributed by atoms with E-state index < -0.39 is 10.0 Å². The van der Waals surface area contributed by atoms with Crippen molar-refractivity contribution in [2.75, 3.05) is 19.7 Å². The third-order valence-corrected chi connectivity index (χ3v) is 5.88. The van der Waals surface area contributed by atoms with Gasteiger partial charge in [0.25, 0.3) is 0 Å². The Bertz CT molecular complexity index is 649. The van der Waals surface area contributed by atoms with Gasteiger partial charge >= 0.3 is 0 Å². The monoisotopic (exact) mass is 328 g/mol. The van der Waals surface area contributed by atoms with Crippen molar-refractivity contribution in [3.05, 3.63) is 28.8 Å². The van der Waals surface area contributed by atoms with E-state index >= 15 is 0 Å². The fourth-order valence-corrected chi connectivity index (χ4v) is 4.30. The molecule has 1 atom stereocenters. The van der Waals surface area contributed by atoms with Crippen molar-refractivity contribution in [3.8, 4) is 6.07 Å². The van der Waals surface area contributed by atoms with Gasteiger partial charge < -0.3 is 4.74 Å². The Kier molecular flexibility index (Phi) is 5.22. The summed E-state index contributed by atoms with van der Waals surface area (Å²) in [4.78, 5) is -0.0249. The van der Waals surface area contributed by atoms with Gasteiger partial charge in [-0.2, -0.15) is 9.57 Å². The van der Waals surface area contributed by atoms with Gasteiger partial charge in [-0.25, -0.2) is 8.42 Å². The summed E-state index contributed by atoms with van der Waals surface area (Å²) in [6.07, 6.45) is 1.74. The topological polar surface area (TPSA) is 70.4 Å². The standard InChI is InChI=1S/C14H17ClN2O3S/c1-2-17(10-12-4-3-7-20-12)21(18,19)14-8-11(9-16)5-6-13(14)15/h5-6,8,12H,2-4,7,10H2,1H3. The Morgan fingerprint density at radius 2 is 2.29 bits per heavy atom. The lowest BCUT2D eigenvalue weighted by Gasteiger charge is -2.24. The summed E-state index contributed by atoms with van der Waals surface area (Å²) in [7, 11) is -3.73. The molecule has 1 aromatic carbocycles. The maximum absolute atomic E-state index is 12.7. The van der Waals surface area contributed by atoms with Crippen LogP contribution >= 0.6 is 11.6 Å². The first-order valence-electron chi connectivity index (χ1n) is 6.80. The van der Waals surface area contributed by atoms with Crippen molar-refractivity contribution in [2.45, 2.75) is 30.8 Å². The SMILES string of the molecule is CCN(CC1CCCO1)S(=O)(=O)c1cc(C#N)ccc1Cl. The first-order chi connectivity index (χ1) is 9.98. The second-order valence-corrected chi connectivity index (χ2v) is 7.16. The molecule has 114 valence electrons. The highest BCUT2D eigenvalue weighted by atomic mass is 35.5. The van der Waals surface area contributed by atoms with E-state index in [2.05, 4.69) is 0 Å². The van der Waals surface area contributed by atoms with E-state index in [1.165, 1.54) is 22.5 Å². The third kappa shape index (κ3) is 3.55. The van der Waals surface area contributed by atoms with Crippen molar-refractivity contribution in [3.63, 3.8) is 0 Å². The summed E-state index contributed by atoms with van der Waals surface area (Å²) >= 11 is 6.01. The normalized spacial score (nSPS) is 18.9. The quantitative estimate of drug-likeness (QED) is 0.832. The van der Waals surface area contributed by atoms with Crippen LogP contribution in [0.15, 0.2) is 23.1 Å². The van der Waals surface area contributed by atoms with E-state index in [0.717, 1.165) is 12.8 Å². The van der Waals surface area contributed by atoms with E-state index in [-0.39, 0.29) is 21.6 Å². The molecule has 1 aliphatic heterocycles. The summed E-state index contributed by atoms with van der Waals surface area (Å²) in [6.45, 7) is 3.09. The van der Waals surface area contributed by atoms with Gasteiger partial charge in [0.1, 0.15) is 4.90 Å². The first kappa shape index (κ1) is 16.2. The number of halogens is 1. The van der Waals surface area contributed by atoms with Gasteiger partial charge in [0.15, 0.2) is 0 Å². The van der Waals surface area contributed by atoms with Crippen molar-refractivity contribution < 1.29 is 13.2 Å². The predicted octanol–water partition coefficient (Wildman–Crippen LogP) is 2.40. The minimum Gasteiger partial charge on any atom is -0.377 e. The lowest BCUT2D eigenvalue weighted by atomic mass is 10.2. The molecule has 2 rings (SSSR count). The molecule has 1 aliphatic rings. The Labute approximate surface area is 130 Å². The molecule has 0 N–H and O–H groups in total. The van der Waals surface area contributed by atoms with Crippen LogP contribution in [0.25, 0.3) is 0 Å². The molecule has 0 radical (unpaired) electrons. The largest absolute Gasteiger partial charge is 0.377 e. The van der Waals surface area contributed by atoms with E-state index in [4.69, 9.17) is 21.6 Å². The van der Waals surface area contributed by atoms with Crippen molar-refractivity contribution in [1.82, 2.24) is 4.31 Å². The molecule has 0 saturated carbocycles. The van der Waals surface area contributed by atoms with Crippen LogP contribution in [0, 0.1) is 11.3 Å². The van der Waals surface area contributed by atoms with Crippen molar-refractivity contribution >= 4 is 21.6 Å². The summed E-state index contributed by atoms with van der Waals surface area (Å²) in [5.74, 6) is 0. The number of rotatable bonds is 5. The molecule has 1 saturated heterocycles. The van der Waals surface area contributed by atoms with Gasteiger partial charge in [-0.3, -0.25) is 0 Å². The number of likely N-dealkylation sites (N-methyl/N-ethyl adjacent to an activating group) is 1. The van der Waals surface area contributed by atoms with Crippen LogP contribution in [-0.4, -0.2) is 38.5 Å². The minimum atomic E-state index is -3.73. The average Bonchev–Trinajstić information content (AvgIpc) is 2.98. The van der Waals surface area contributed by atoms with Gasteiger partial charge in [0, 0.05) is 19.7 Å². The zero-order valence-corrected chi connectivity index (χ0v) is 13.3. The van der Waals surface area contributed by atoms with Crippen LogP contribution in [0.4, 0.5) is 0 Å². The Hall–Kier alpha value is -1.13. The number of nitrogens with zero attached hydrogens (tertiary/aromatic N) is 2. The minimum absolute atomic E-state index is 0.0249. The lowest BCUT2D eigenvalue weighted by Crippen LogP contribution is -2.37. The molecule has 1 aromatic rings. The molecule has 0 bridgehead atoms. The Morgan fingerprint density at radius 1 is 1.52 bits per heavy atom. The molecular weight excluding hydrogens is 312 g/mol. The average molecular weight is 329 g/mol. The molecule has 0 amide bonds. The first-order valence-corrected chi connectivity index (χ1v) is 8.62. The smallest absolute Gasteiger partial charge is 0.244 e. The second kappa shape index (κ2) is 6.75. The molecular formula is C14H17ClN2O3S. The molecule has 21 heavy (non-hydrogen) atoms. The van der Waals surface area contributed by atoms with Crippen LogP contribution in [0.3, 0.4) is 0 Å². The molecule has 1 fully saturated rings. The number of hydrogen-bond acceptors (Lipinski definition) is 4.